The highest BCUT2D eigenvalue weighted by Crippen LogP contribution is 2.18. The van der Waals surface area contributed by atoms with Crippen molar-refractivity contribution < 1.29 is 14.7 Å². The van der Waals surface area contributed by atoms with E-state index in [-0.39, 0.29) is 11.5 Å². The summed E-state index contributed by atoms with van der Waals surface area (Å²) in [5.41, 5.74) is 0.204. The number of hydrogen-bond donors (Lipinski definition) is 3. The van der Waals surface area contributed by atoms with E-state index in [2.05, 4.69) is 15.5 Å². The molecule has 0 spiro atoms. The standard InChI is InChI=1S/C15H21N3O3/c1-15(2,18-9-7-16-8-10-18)14(21)17-12-5-3-11(4-6-12)13(19)20/h3-6,16H,7-10H2,1-2H3,(H,17,21)(H,19,20). The molecule has 0 aromatic heterocycles. The maximum Gasteiger partial charge on any atom is 0.335 e. The van der Waals surface area contributed by atoms with Crippen molar-refractivity contribution >= 4 is 17.6 Å². The van der Waals surface area contributed by atoms with Crippen molar-refractivity contribution in [3.63, 3.8) is 0 Å². The second-order valence-electron chi connectivity index (χ2n) is 5.63. The Bertz CT molecular complexity index is 519. The summed E-state index contributed by atoms with van der Waals surface area (Å²) in [6.07, 6.45) is 0. The van der Waals surface area contributed by atoms with Crippen molar-refractivity contribution in [1.82, 2.24) is 10.2 Å². The number of carboxylic acids is 1. The molecule has 0 atom stereocenters. The lowest BCUT2D eigenvalue weighted by Crippen LogP contribution is -2.58. The Kier molecular flexibility index (Phi) is 4.59. The smallest absolute Gasteiger partial charge is 0.335 e. The van der Waals surface area contributed by atoms with Crippen LogP contribution in [0.3, 0.4) is 0 Å². The predicted octanol–water partition coefficient (Wildman–Crippen LogP) is 1.01. The minimum atomic E-state index is -0.978. The fourth-order valence-electron chi connectivity index (χ4n) is 2.35. The zero-order valence-corrected chi connectivity index (χ0v) is 12.3. The zero-order valence-electron chi connectivity index (χ0n) is 12.3. The van der Waals surface area contributed by atoms with Gasteiger partial charge in [-0.15, -0.1) is 0 Å². The van der Waals surface area contributed by atoms with E-state index >= 15 is 0 Å². The number of nitrogens with zero attached hydrogens (tertiary/aromatic N) is 1. The molecule has 0 bridgehead atoms. The number of nitrogens with one attached hydrogen (secondary N) is 2. The summed E-state index contributed by atoms with van der Waals surface area (Å²) in [7, 11) is 0. The molecule has 1 aromatic rings. The van der Waals surface area contributed by atoms with Crippen molar-refractivity contribution in [2.45, 2.75) is 19.4 Å². The van der Waals surface area contributed by atoms with Crippen LogP contribution < -0.4 is 10.6 Å². The third kappa shape index (κ3) is 3.59. The van der Waals surface area contributed by atoms with Crippen LogP contribution in [0.15, 0.2) is 24.3 Å². The summed E-state index contributed by atoms with van der Waals surface area (Å²) in [4.78, 5) is 25.4. The number of hydrogen-bond acceptors (Lipinski definition) is 4. The van der Waals surface area contributed by atoms with E-state index in [1.807, 2.05) is 13.8 Å². The van der Waals surface area contributed by atoms with Gasteiger partial charge in [-0.05, 0) is 38.1 Å². The largest absolute Gasteiger partial charge is 0.478 e. The molecule has 6 heteroatoms. The van der Waals surface area contributed by atoms with Crippen LogP contribution in [-0.2, 0) is 4.79 Å². The second kappa shape index (κ2) is 6.24. The third-order valence-electron chi connectivity index (χ3n) is 3.85. The van der Waals surface area contributed by atoms with E-state index in [9.17, 15) is 9.59 Å². The maximum atomic E-state index is 12.5. The van der Waals surface area contributed by atoms with E-state index in [1.54, 1.807) is 12.1 Å². The van der Waals surface area contributed by atoms with Gasteiger partial charge in [0.1, 0.15) is 0 Å². The average Bonchev–Trinajstić information content (AvgIpc) is 2.48. The normalized spacial score (nSPS) is 16.5. The monoisotopic (exact) mass is 291 g/mol. The molecule has 0 saturated carbocycles. The molecule has 0 unspecified atom stereocenters. The third-order valence-corrected chi connectivity index (χ3v) is 3.85. The molecule has 114 valence electrons. The summed E-state index contributed by atoms with van der Waals surface area (Å²) in [5, 5.41) is 15.0. The first-order valence-corrected chi connectivity index (χ1v) is 7.02. The van der Waals surface area contributed by atoms with Crippen LogP contribution in [0.5, 0.6) is 0 Å². The molecule has 0 aliphatic carbocycles. The molecule has 1 aromatic carbocycles. The van der Waals surface area contributed by atoms with E-state index < -0.39 is 11.5 Å². The number of carbonyl (C=O) groups is 2. The number of benzene rings is 1. The van der Waals surface area contributed by atoms with Gasteiger partial charge < -0.3 is 15.7 Å². The van der Waals surface area contributed by atoms with Crippen molar-refractivity contribution in [3.05, 3.63) is 29.8 Å². The van der Waals surface area contributed by atoms with Gasteiger partial charge >= 0.3 is 5.97 Å². The number of piperazine rings is 1. The average molecular weight is 291 g/mol. The molecule has 6 nitrogen and oxygen atoms in total. The number of carboxylic acid groups (broad SMARTS) is 1. The second-order valence-corrected chi connectivity index (χ2v) is 5.63. The first-order valence-electron chi connectivity index (χ1n) is 7.02. The number of aromatic carboxylic acids is 1. The summed E-state index contributed by atoms with van der Waals surface area (Å²) < 4.78 is 0. The molecule has 1 aliphatic heterocycles. The molecule has 1 fully saturated rings. The highest BCUT2D eigenvalue weighted by Gasteiger charge is 2.35. The lowest BCUT2D eigenvalue weighted by molar-refractivity contribution is -0.126. The highest BCUT2D eigenvalue weighted by atomic mass is 16.4. The van der Waals surface area contributed by atoms with Crippen molar-refractivity contribution in [3.8, 4) is 0 Å². The fraction of sp³-hybridized carbons (Fsp3) is 0.467. The summed E-state index contributed by atoms with van der Waals surface area (Å²) >= 11 is 0. The number of rotatable bonds is 4. The molecule has 2 rings (SSSR count). The first-order chi connectivity index (χ1) is 9.91. The number of carbonyl (C=O) groups excluding carboxylic acids is 1. The maximum absolute atomic E-state index is 12.5. The highest BCUT2D eigenvalue weighted by molar-refractivity contribution is 5.98. The van der Waals surface area contributed by atoms with Crippen LogP contribution >= 0.6 is 0 Å². The van der Waals surface area contributed by atoms with Crippen LogP contribution in [0.2, 0.25) is 0 Å². The Morgan fingerprint density at radius 1 is 1.19 bits per heavy atom. The molecule has 1 saturated heterocycles. The molecule has 3 N–H and O–H groups in total. The summed E-state index contributed by atoms with van der Waals surface area (Å²) in [6, 6.07) is 6.18. The Labute approximate surface area is 124 Å². The summed E-state index contributed by atoms with van der Waals surface area (Å²) in [5.74, 6) is -1.07. The molecule has 0 radical (unpaired) electrons. The molecular formula is C15H21N3O3. The number of amides is 1. The predicted molar refractivity (Wildman–Crippen MR) is 80.6 cm³/mol. The van der Waals surface area contributed by atoms with Gasteiger partial charge in [-0.2, -0.15) is 0 Å². The van der Waals surface area contributed by atoms with Crippen molar-refractivity contribution in [1.29, 1.82) is 0 Å². The van der Waals surface area contributed by atoms with Gasteiger partial charge in [0.2, 0.25) is 5.91 Å². The van der Waals surface area contributed by atoms with E-state index in [4.69, 9.17) is 5.11 Å². The Balaban J connectivity index is 2.03. The Hall–Kier alpha value is -1.92. The van der Waals surface area contributed by atoms with Crippen LogP contribution in [0.25, 0.3) is 0 Å². The Morgan fingerprint density at radius 2 is 1.76 bits per heavy atom. The molecule has 1 heterocycles. The molecular weight excluding hydrogens is 270 g/mol. The van der Waals surface area contributed by atoms with E-state index in [1.165, 1.54) is 12.1 Å². The van der Waals surface area contributed by atoms with Crippen molar-refractivity contribution in [2.24, 2.45) is 0 Å². The number of anilines is 1. The fourth-order valence-corrected chi connectivity index (χ4v) is 2.35. The van der Waals surface area contributed by atoms with E-state index in [0.29, 0.717) is 5.69 Å². The SMILES string of the molecule is CC(C)(C(=O)Nc1ccc(C(=O)O)cc1)N1CCNCC1. The Morgan fingerprint density at radius 3 is 2.29 bits per heavy atom. The zero-order chi connectivity index (χ0) is 15.5. The van der Waals surface area contributed by atoms with Gasteiger partial charge in [0, 0.05) is 31.9 Å². The van der Waals surface area contributed by atoms with Crippen LogP contribution in [-0.4, -0.2) is 53.6 Å². The molecule has 21 heavy (non-hydrogen) atoms. The van der Waals surface area contributed by atoms with E-state index in [0.717, 1.165) is 26.2 Å². The van der Waals surface area contributed by atoms with Gasteiger partial charge in [0.25, 0.3) is 0 Å². The van der Waals surface area contributed by atoms with Gasteiger partial charge in [-0.25, -0.2) is 4.79 Å². The van der Waals surface area contributed by atoms with Gasteiger partial charge in [0.05, 0.1) is 11.1 Å². The van der Waals surface area contributed by atoms with Gasteiger partial charge in [0.15, 0.2) is 0 Å². The van der Waals surface area contributed by atoms with Gasteiger partial charge in [-0.3, -0.25) is 9.69 Å². The first kappa shape index (κ1) is 15.5. The van der Waals surface area contributed by atoms with Gasteiger partial charge in [-0.1, -0.05) is 0 Å². The van der Waals surface area contributed by atoms with Crippen molar-refractivity contribution in [2.75, 3.05) is 31.5 Å². The minimum absolute atomic E-state index is 0.0903. The lowest BCUT2D eigenvalue weighted by atomic mass is 10.00. The molecule has 1 amide bonds. The van der Waals surface area contributed by atoms with Crippen LogP contribution in [0.4, 0.5) is 5.69 Å². The van der Waals surface area contributed by atoms with Crippen LogP contribution in [0, 0.1) is 0 Å². The minimum Gasteiger partial charge on any atom is -0.478 e. The molecule has 1 aliphatic rings. The lowest BCUT2D eigenvalue weighted by Gasteiger charge is -2.39. The topological polar surface area (TPSA) is 81.7 Å². The quantitative estimate of drug-likeness (QED) is 0.771. The summed E-state index contributed by atoms with van der Waals surface area (Å²) in [6.45, 7) is 7.23. The van der Waals surface area contributed by atoms with Crippen LogP contribution in [0.1, 0.15) is 24.2 Å².